The van der Waals surface area contributed by atoms with Gasteiger partial charge in [0.1, 0.15) is 0 Å². The first-order valence-corrected chi connectivity index (χ1v) is 6.60. The molecule has 0 bridgehead atoms. The highest BCUT2D eigenvalue weighted by atomic mass is 35.5. The maximum absolute atomic E-state index is 5.88. The van der Waals surface area contributed by atoms with Crippen molar-refractivity contribution in [1.82, 2.24) is 4.90 Å². The molecule has 0 aromatic heterocycles. The maximum atomic E-state index is 5.88. The van der Waals surface area contributed by atoms with Crippen molar-refractivity contribution >= 4 is 11.6 Å². The number of benzene rings is 1. The van der Waals surface area contributed by atoms with Crippen LogP contribution >= 0.6 is 11.6 Å². The first-order chi connectivity index (χ1) is 7.72. The number of alkyl halides is 1. The van der Waals surface area contributed by atoms with Crippen LogP contribution in [0.4, 0.5) is 0 Å². The van der Waals surface area contributed by atoms with E-state index in [0.717, 1.165) is 12.3 Å². The summed E-state index contributed by atoms with van der Waals surface area (Å²) in [4.78, 5) is 2.26. The number of nitrogens with zero attached hydrogens (tertiary/aromatic N) is 1. The molecule has 88 valence electrons. The first kappa shape index (κ1) is 11.9. The average Bonchev–Trinajstić information content (AvgIpc) is 2.72. The molecule has 0 amide bonds. The van der Waals surface area contributed by atoms with Crippen LogP contribution in [-0.2, 0) is 12.8 Å². The van der Waals surface area contributed by atoms with E-state index in [2.05, 4.69) is 37.2 Å². The molecular weight excluding hydrogens is 218 g/mol. The number of halogens is 1. The lowest BCUT2D eigenvalue weighted by Crippen LogP contribution is -2.20. The van der Waals surface area contributed by atoms with Gasteiger partial charge in [0.2, 0.25) is 0 Å². The van der Waals surface area contributed by atoms with Crippen molar-refractivity contribution in [1.29, 1.82) is 0 Å². The third kappa shape index (κ3) is 2.41. The molecule has 1 unspecified atom stereocenters. The molecule has 0 aliphatic heterocycles. The van der Waals surface area contributed by atoms with Gasteiger partial charge >= 0.3 is 0 Å². The monoisotopic (exact) mass is 237 g/mol. The lowest BCUT2D eigenvalue weighted by molar-refractivity contribution is 0.293. The molecule has 1 aliphatic carbocycles. The lowest BCUT2D eigenvalue weighted by Gasteiger charge is -2.24. The Hall–Kier alpha value is -0.530. The summed E-state index contributed by atoms with van der Waals surface area (Å²) in [5, 5.41) is 0. The number of aryl methyl sites for hydroxylation is 2. The van der Waals surface area contributed by atoms with Crippen LogP contribution in [0.1, 0.15) is 35.6 Å². The molecule has 0 fully saturated rings. The molecule has 2 rings (SSSR count). The Kier molecular flexibility index (Phi) is 3.88. The van der Waals surface area contributed by atoms with Crippen molar-refractivity contribution in [2.75, 3.05) is 20.0 Å². The minimum absolute atomic E-state index is 0.461. The van der Waals surface area contributed by atoms with E-state index in [1.54, 1.807) is 11.1 Å². The van der Waals surface area contributed by atoms with Crippen LogP contribution in [0.3, 0.4) is 0 Å². The fourth-order valence-electron chi connectivity index (χ4n) is 2.63. The second-order valence-corrected chi connectivity index (χ2v) is 5.22. The predicted molar refractivity (Wildman–Crippen MR) is 70.2 cm³/mol. The van der Waals surface area contributed by atoms with E-state index in [4.69, 9.17) is 11.6 Å². The van der Waals surface area contributed by atoms with Crippen molar-refractivity contribution in [2.45, 2.75) is 31.7 Å². The molecule has 0 saturated carbocycles. The molecule has 1 nitrogen and oxygen atoms in total. The summed E-state index contributed by atoms with van der Waals surface area (Å²) >= 11 is 5.88. The standard InChI is InChI=1S/C14H20ClN/c1-16(2)14(8-9-15)13-7-6-11-4-3-5-12(11)10-13/h6-7,10,14H,3-5,8-9H2,1-2H3. The van der Waals surface area contributed by atoms with Gasteiger partial charge in [0.25, 0.3) is 0 Å². The molecule has 1 aliphatic rings. The Bertz CT molecular complexity index is 360. The highest BCUT2D eigenvalue weighted by molar-refractivity contribution is 6.17. The number of hydrogen-bond donors (Lipinski definition) is 0. The van der Waals surface area contributed by atoms with E-state index < -0.39 is 0 Å². The Morgan fingerprint density at radius 1 is 1.25 bits per heavy atom. The summed E-state index contributed by atoms with van der Waals surface area (Å²) in [5.41, 5.74) is 4.53. The third-order valence-electron chi connectivity index (χ3n) is 3.51. The topological polar surface area (TPSA) is 3.24 Å². The van der Waals surface area contributed by atoms with Gasteiger partial charge in [-0.05, 0) is 56.5 Å². The summed E-state index contributed by atoms with van der Waals surface area (Å²) in [6.07, 6.45) is 4.86. The Morgan fingerprint density at radius 3 is 2.69 bits per heavy atom. The maximum Gasteiger partial charge on any atom is 0.0353 e. The number of hydrogen-bond acceptors (Lipinski definition) is 1. The zero-order chi connectivity index (χ0) is 11.5. The zero-order valence-electron chi connectivity index (χ0n) is 10.2. The van der Waals surface area contributed by atoms with Gasteiger partial charge < -0.3 is 4.90 Å². The largest absolute Gasteiger partial charge is 0.302 e. The van der Waals surface area contributed by atoms with E-state index in [1.165, 1.54) is 24.8 Å². The lowest BCUT2D eigenvalue weighted by atomic mass is 9.99. The second-order valence-electron chi connectivity index (χ2n) is 4.84. The van der Waals surface area contributed by atoms with Crippen molar-refractivity contribution in [3.05, 3.63) is 34.9 Å². The van der Waals surface area contributed by atoms with Crippen LogP contribution in [0.5, 0.6) is 0 Å². The van der Waals surface area contributed by atoms with Gasteiger partial charge in [0, 0.05) is 11.9 Å². The van der Waals surface area contributed by atoms with Crippen LogP contribution in [0, 0.1) is 0 Å². The van der Waals surface area contributed by atoms with Gasteiger partial charge in [-0.3, -0.25) is 0 Å². The van der Waals surface area contributed by atoms with Gasteiger partial charge in [-0.15, -0.1) is 11.6 Å². The number of fused-ring (bicyclic) bond motifs is 1. The Balaban J connectivity index is 2.24. The molecule has 1 aromatic carbocycles. The van der Waals surface area contributed by atoms with Crippen LogP contribution in [0.2, 0.25) is 0 Å². The van der Waals surface area contributed by atoms with Crippen molar-refractivity contribution in [3.8, 4) is 0 Å². The van der Waals surface area contributed by atoms with Gasteiger partial charge in [-0.1, -0.05) is 18.2 Å². The molecule has 1 atom stereocenters. The van der Waals surface area contributed by atoms with Crippen LogP contribution < -0.4 is 0 Å². The SMILES string of the molecule is CN(C)C(CCCl)c1ccc2c(c1)CCC2. The molecule has 0 spiro atoms. The number of rotatable bonds is 4. The highest BCUT2D eigenvalue weighted by Gasteiger charge is 2.17. The van der Waals surface area contributed by atoms with E-state index >= 15 is 0 Å². The van der Waals surface area contributed by atoms with Gasteiger partial charge in [0.15, 0.2) is 0 Å². The Morgan fingerprint density at radius 2 is 2.00 bits per heavy atom. The van der Waals surface area contributed by atoms with E-state index in [9.17, 15) is 0 Å². The third-order valence-corrected chi connectivity index (χ3v) is 3.73. The summed E-state index contributed by atoms with van der Waals surface area (Å²) in [7, 11) is 4.26. The highest BCUT2D eigenvalue weighted by Crippen LogP contribution is 2.28. The van der Waals surface area contributed by atoms with Gasteiger partial charge in [0.05, 0.1) is 0 Å². The molecular formula is C14H20ClN. The first-order valence-electron chi connectivity index (χ1n) is 6.06. The van der Waals surface area contributed by atoms with Crippen molar-refractivity contribution in [3.63, 3.8) is 0 Å². The predicted octanol–water partition coefficient (Wildman–Crippen LogP) is 3.41. The van der Waals surface area contributed by atoms with Gasteiger partial charge in [-0.25, -0.2) is 0 Å². The minimum Gasteiger partial charge on any atom is -0.302 e. The minimum atomic E-state index is 0.461. The summed E-state index contributed by atoms with van der Waals surface area (Å²) in [6, 6.07) is 7.44. The molecule has 0 radical (unpaired) electrons. The van der Waals surface area contributed by atoms with Crippen LogP contribution in [0.25, 0.3) is 0 Å². The summed E-state index contributed by atoms with van der Waals surface area (Å²) in [6.45, 7) is 0. The molecule has 0 N–H and O–H groups in total. The Labute approximate surface area is 103 Å². The molecule has 1 aromatic rings. The average molecular weight is 238 g/mol. The van der Waals surface area contributed by atoms with E-state index in [1.807, 2.05) is 0 Å². The fourth-order valence-corrected chi connectivity index (χ4v) is 2.83. The second kappa shape index (κ2) is 5.20. The smallest absolute Gasteiger partial charge is 0.0353 e. The fraction of sp³-hybridized carbons (Fsp3) is 0.571. The van der Waals surface area contributed by atoms with Gasteiger partial charge in [-0.2, -0.15) is 0 Å². The molecule has 2 heteroatoms. The summed E-state index contributed by atoms with van der Waals surface area (Å²) in [5.74, 6) is 0.722. The van der Waals surface area contributed by atoms with E-state index in [-0.39, 0.29) is 0 Å². The molecule has 0 heterocycles. The molecule has 16 heavy (non-hydrogen) atoms. The molecule has 0 saturated heterocycles. The van der Waals surface area contributed by atoms with E-state index in [0.29, 0.717) is 6.04 Å². The normalized spacial score (nSPS) is 16.5. The van der Waals surface area contributed by atoms with Crippen LogP contribution in [-0.4, -0.2) is 24.9 Å². The van der Waals surface area contributed by atoms with Crippen molar-refractivity contribution in [2.24, 2.45) is 0 Å². The summed E-state index contributed by atoms with van der Waals surface area (Å²) < 4.78 is 0. The quantitative estimate of drug-likeness (QED) is 0.726. The zero-order valence-corrected chi connectivity index (χ0v) is 10.9. The van der Waals surface area contributed by atoms with Crippen molar-refractivity contribution < 1.29 is 0 Å². The van der Waals surface area contributed by atoms with Crippen LogP contribution in [0.15, 0.2) is 18.2 Å².